The molecule has 0 radical (unpaired) electrons. The van der Waals surface area contributed by atoms with Gasteiger partial charge in [-0.3, -0.25) is 0 Å². The molecule has 0 N–H and O–H groups in total. The van der Waals surface area contributed by atoms with Crippen LogP contribution in [0, 0.1) is 6.92 Å². The Hall–Kier alpha value is 1.23. The Labute approximate surface area is 127 Å². The third kappa shape index (κ3) is 4.73. The summed E-state index contributed by atoms with van der Waals surface area (Å²) in [5, 5.41) is 4.04. The molecule has 0 heterocycles. The molecule has 1 aromatic rings. The molecule has 0 unspecified atom stereocenters. The largest absolute Gasteiger partial charge is 1.00 e. The van der Waals surface area contributed by atoms with E-state index in [0.29, 0.717) is 0 Å². The maximum absolute atomic E-state index is 4.04. The van der Waals surface area contributed by atoms with Gasteiger partial charge in [-0.15, -0.1) is 6.54 Å². The first-order valence-electron chi connectivity index (χ1n) is 3.44. The van der Waals surface area contributed by atoms with Crippen molar-refractivity contribution in [1.29, 1.82) is 0 Å². The maximum atomic E-state index is 4.04. The first-order valence-corrected chi connectivity index (χ1v) is 3.44. The minimum atomic E-state index is 0. The van der Waals surface area contributed by atoms with Gasteiger partial charge in [0.1, 0.15) is 0 Å². The van der Waals surface area contributed by atoms with Crippen molar-refractivity contribution in [2.75, 3.05) is 7.05 Å². The Kier molecular flexibility index (Phi) is 7.47. The van der Waals surface area contributed by atoms with Crippen LogP contribution in [0.5, 0.6) is 0 Å². The average molecular weight is 267 g/mol. The fourth-order valence-electron chi connectivity index (χ4n) is 0.876. The van der Waals surface area contributed by atoms with E-state index in [1.807, 2.05) is 7.05 Å². The van der Waals surface area contributed by atoms with Crippen LogP contribution in [0.3, 0.4) is 0 Å². The summed E-state index contributed by atoms with van der Waals surface area (Å²) in [6.45, 7) is 2.92. The number of rotatable bonds is 2. The Morgan fingerprint density at radius 2 is 1.73 bits per heavy atom. The van der Waals surface area contributed by atoms with Crippen LogP contribution >= 0.6 is 0 Å². The SMILES string of the molecule is C[N-]Cc1ccc(C)cc1.[Cs+]. The quantitative estimate of drug-likeness (QED) is 0.686. The molecule has 0 atom stereocenters. The molecule has 0 saturated heterocycles. The van der Waals surface area contributed by atoms with Crippen molar-refractivity contribution in [3.63, 3.8) is 0 Å². The summed E-state index contributed by atoms with van der Waals surface area (Å²) in [6, 6.07) is 8.45. The van der Waals surface area contributed by atoms with Crippen molar-refractivity contribution in [2.24, 2.45) is 0 Å². The van der Waals surface area contributed by atoms with E-state index < -0.39 is 0 Å². The Morgan fingerprint density at radius 1 is 1.18 bits per heavy atom. The second kappa shape index (κ2) is 6.72. The van der Waals surface area contributed by atoms with Gasteiger partial charge in [0.15, 0.2) is 0 Å². The van der Waals surface area contributed by atoms with E-state index >= 15 is 0 Å². The van der Waals surface area contributed by atoms with Crippen LogP contribution in [-0.4, -0.2) is 7.05 Å². The van der Waals surface area contributed by atoms with Gasteiger partial charge in [0.2, 0.25) is 0 Å². The summed E-state index contributed by atoms with van der Waals surface area (Å²) < 4.78 is 0. The molecule has 1 aromatic carbocycles. The van der Waals surface area contributed by atoms with Crippen molar-refractivity contribution < 1.29 is 68.9 Å². The van der Waals surface area contributed by atoms with Crippen LogP contribution in [0.2, 0.25) is 0 Å². The third-order valence-corrected chi connectivity index (χ3v) is 1.46. The Balaban J connectivity index is 0.000001000. The van der Waals surface area contributed by atoms with Gasteiger partial charge in [-0.2, -0.15) is 7.05 Å². The summed E-state index contributed by atoms with van der Waals surface area (Å²) in [7, 11) is 1.83. The van der Waals surface area contributed by atoms with Crippen LogP contribution in [0.25, 0.3) is 5.32 Å². The molecule has 0 aliphatic heterocycles. The molecule has 0 aliphatic rings. The van der Waals surface area contributed by atoms with Crippen molar-refractivity contribution in [2.45, 2.75) is 13.5 Å². The number of benzene rings is 1. The minimum absolute atomic E-state index is 0. The Morgan fingerprint density at radius 3 is 2.18 bits per heavy atom. The third-order valence-electron chi connectivity index (χ3n) is 1.46. The van der Waals surface area contributed by atoms with E-state index in [-0.39, 0.29) is 68.9 Å². The molecule has 1 rings (SSSR count). The monoisotopic (exact) mass is 267 g/mol. The molecule has 0 aromatic heterocycles. The van der Waals surface area contributed by atoms with Crippen LogP contribution in [0.4, 0.5) is 0 Å². The molecular weight excluding hydrogens is 255 g/mol. The summed E-state index contributed by atoms with van der Waals surface area (Å²) in [5.41, 5.74) is 2.59. The van der Waals surface area contributed by atoms with Crippen LogP contribution < -0.4 is 68.9 Å². The van der Waals surface area contributed by atoms with Gasteiger partial charge in [-0.25, -0.2) is 0 Å². The predicted octanol–water partition coefficient (Wildman–Crippen LogP) is -0.497. The normalized spacial score (nSPS) is 8.91. The number of nitrogens with zero attached hydrogens (tertiary/aromatic N) is 1. The number of aryl methyl sites for hydroxylation is 1. The molecule has 1 nitrogen and oxygen atoms in total. The topological polar surface area (TPSA) is 14.1 Å². The number of hydrogen-bond acceptors (Lipinski definition) is 0. The second-order valence-corrected chi connectivity index (χ2v) is 2.46. The van der Waals surface area contributed by atoms with E-state index in [1.54, 1.807) is 0 Å². The summed E-state index contributed by atoms with van der Waals surface area (Å²) in [5.74, 6) is 0. The summed E-state index contributed by atoms with van der Waals surface area (Å²) in [4.78, 5) is 0. The van der Waals surface area contributed by atoms with E-state index in [2.05, 4.69) is 36.5 Å². The van der Waals surface area contributed by atoms with Crippen molar-refractivity contribution in [3.8, 4) is 0 Å². The molecule has 11 heavy (non-hydrogen) atoms. The van der Waals surface area contributed by atoms with Gasteiger partial charge in [-0.1, -0.05) is 35.4 Å². The molecular formula is C9H12CsN. The summed E-state index contributed by atoms with van der Waals surface area (Å²) >= 11 is 0. The van der Waals surface area contributed by atoms with Gasteiger partial charge in [0, 0.05) is 0 Å². The zero-order valence-corrected chi connectivity index (χ0v) is 13.7. The van der Waals surface area contributed by atoms with E-state index in [1.165, 1.54) is 11.1 Å². The molecule has 2 heteroatoms. The summed E-state index contributed by atoms with van der Waals surface area (Å²) in [6.07, 6.45) is 0. The average Bonchev–Trinajstić information content (AvgIpc) is 1.95. The van der Waals surface area contributed by atoms with E-state index in [0.717, 1.165) is 6.54 Å². The minimum Gasteiger partial charge on any atom is -0.661 e. The number of hydrogen-bond donors (Lipinski definition) is 0. The second-order valence-electron chi connectivity index (χ2n) is 2.46. The molecule has 0 aliphatic carbocycles. The zero-order chi connectivity index (χ0) is 7.40. The zero-order valence-electron chi connectivity index (χ0n) is 7.46. The van der Waals surface area contributed by atoms with Gasteiger partial charge in [0.25, 0.3) is 0 Å². The van der Waals surface area contributed by atoms with E-state index in [4.69, 9.17) is 0 Å². The molecule has 0 amide bonds. The predicted molar refractivity (Wildman–Crippen MR) is 44.2 cm³/mol. The Bertz CT molecular complexity index is 193. The molecule has 0 saturated carbocycles. The van der Waals surface area contributed by atoms with Crippen molar-refractivity contribution in [1.82, 2.24) is 0 Å². The molecule has 0 fully saturated rings. The molecule has 54 valence electrons. The smallest absolute Gasteiger partial charge is 0.661 e. The first kappa shape index (κ1) is 12.2. The maximum Gasteiger partial charge on any atom is 1.00 e. The fourth-order valence-corrected chi connectivity index (χ4v) is 0.876. The van der Waals surface area contributed by atoms with Crippen LogP contribution in [-0.2, 0) is 6.54 Å². The van der Waals surface area contributed by atoms with Gasteiger partial charge in [0.05, 0.1) is 0 Å². The van der Waals surface area contributed by atoms with Gasteiger partial charge < -0.3 is 5.32 Å². The fraction of sp³-hybridized carbons (Fsp3) is 0.333. The molecule has 0 spiro atoms. The molecule has 0 bridgehead atoms. The van der Waals surface area contributed by atoms with E-state index in [9.17, 15) is 0 Å². The van der Waals surface area contributed by atoms with Crippen molar-refractivity contribution >= 4 is 0 Å². The van der Waals surface area contributed by atoms with Crippen LogP contribution in [0.15, 0.2) is 24.3 Å². The standard InChI is InChI=1S/C9H12N.Cs/c1-8-3-5-9(6-4-8)7-10-2;/h3-6H,7H2,1-2H3;/q-1;+1. The van der Waals surface area contributed by atoms with Crippen molar-refractivity contribution in [3.05, 3.63) is 40.7 Å². The van der Waals surface area contributed by atoms with Crippen LogP contribution in [0.1, 0.15) is 11.1 Å². The van der Waals surface area contributed by atoms with Gasteiger partial charge in [-0.05, 0) is 6.92 Å². The first-order chi connectivity index (χ1) is 4.83. The van der Waals surface area contributed by atoms with Gasteiger partial charge >= 0.3 is 68.9 Å².